The van der Waals surface area contributed by atoms with Crippen LogP contribution in [0.25, 0.3) is 0 Å². The molecule has 2 fully saturated rings. The molecule has 2 N–H and O–H groups in total. The van der Waals surface area contributed by atoms with Crippen LogP contribution in [0.5, 0.6) is 0 Å². The highest BCUT2D eigenvalue weighted by Crippen LogP contribution is 2.40. The third-order valence-corrected chi connectivity index (χ3v) is 4.61. The minimum atomic E-state index is -0.185. The van der Waals surface area contributed by atoms with Crippen LogP contribution >= 0.6 is 0 Å². The van der Waals surface area contributed by atoms with Gasteiger partial charge in [0.05, 0.1) is 5.92 Å². The first kappa shape index (κ1) is 14.0. The second-order valence-corrected chi connectivity index (χ2v) is 6.09. The lowest BCUT2D eigenvalue weighted by Gasteiger charge is -2.36. The van der Waals surface area contributed by atoms with Gasteiger partial charge in [-0.2, -0.15) is 0 Å². The minimum absolute atomic E-state index is 0.0756. The highest BCUT2D eigenvalue weighted by Gasteiger charge is 2.41. The van der Waals surface area contributed by atoms with E-state index in [2.05, 4.69) is 4.98 Å². The van der Waals surface area contributed by atoms with Gasteiger partial charge in [-0.05, 0) is 43.4 Å². The number of ether oxygens (including phenoxy) is 1. The first-order valence-corrected chi connectivity index (χ1v) is 7.54. The van der Waals surface area contributed by atoms with Crippen LogP contribution in [-0.4, -0.2) is 16.7 Å². The number of hydrogen-bond acceptors (Lipinski definition) is 5. The normalized spacial score (nSPS) is 28.2. The molecule has 21 heavy (non-hydrogen) atoms. The Balaban J connectivity index is 1.57. The monoisotopic (exact) mass is 288 g/mol. The number of rotatable bonds is 3. The van der Waals surface area contributed by atoms with E-state index in [1.165, 1.54) is 0 Å². The summed E-state index contributed by atoms with van der Waals surface area (Å²) in [5.74, 6) is 0.624. The first-order chi connectivity index (χ1) is 10.1. The van der Waals surface area contributed by atoms with Crippen LogP contribution in [0.1, 0.15) is 37.7 Å². The summed E-state index contributed by atoms with van der Waals surface area (Å²) in [5.41, 5.74) is 6.43. The SMILES string of the molecule is Nc1cc(COC(=O)C2C[C@H]3CCC[C@@H](C2)C3=O)ccn1. The second-order valence-electron chi connectivity index (χ2n) is 6.09. The second kappa shape index (κ2) is 5.84. The Labute approximate surface area is 123 Å². The van der Waals surface area contributed by atoms with Crippen molar-refractivity contribution in [2.24, 2.45) is 17.8 Å². The van der Waals surface area contributed by atoms with Crippen LogP contribution in [0, 0.1) is 17.8 Å². The summed E-state index contributed by atoms with van der Waals surface area (Å²) in [6.07, 6.45) is 5.89. The number of Topliss-reactive ketones (excluding diaryl/α,β-unsaturated/α-hetero) is 1. The number of carbonyl (C=O) groups is 2. The Morgan fingerprint density at radius 2 is 2.05 bits per heavy atom. The van der Waals surface area contributed by atoms with Crippen LogP contribution < -0.4 is 5.73 Å². The first-order valence-electron chi connectivity index (χ1n) is 7.54. The number of ketones is 1. The van der Waals surface area contributed by atoms with Gasteiger partial charge in [0.25, 0.3) is 0 Å². The number of aromatic nitrogens is 1. The number of fused-ring (bicyclic) bond motifs is 2. The molecule has 3 atom stereocenters. The van der Waals surface area contributed by atoms with Gasteiger partial charge in [0.1, 0.15) is 18.2 Å². The summed E-state index contributed by atoms with van der Waals surface area (Å²) in [6.45, 7) is 0.214. The van der Waals surface area contributed by atoms with Crippen molar-refractivity contribution in [2.75, 3.05) is 5.73 Å². The number of pyridine rings is 1. The number of anilines is 1. The number of hydrogen-bond donors (Lipinski definition) is 1. The molecule has 0 amide bonds. The molecule has 5 heteroatoms. The summed E-state index contributed by atoms with van der Waals surface area (Å²) in [5, 5.41) is 0. The standard InChI is InChI=1S/C16H20N2O3/c17-14-6-10(4-5-18-14)9-21-16(20)13-7-11-2-1-3-12(8-13)15(11)19/h4-6,11-13H,1-3,7-9H2,(H2,17,18)/t11-,12+,13?. The predicted octanol–water partition coefficient (Wildman–Crippen LogP) is 2.10. The van der Waals surface area contributed by atoms with Crippen LogP contribution in [0.3, 0.4) is 0 Å². The van der Waals surface area contributed by atoms with Crippen LogP contribution in [-0.2, 0) is 20.9 Å². The van der Waals surface area contributed by atoms with Gasteiger partial charge >= 0.3 is 5.97 Å². The van der Waals surface area contributed by atoms with Gasteiger partial charge in [0.2, 0.25) is 0 Å². The molecule has 2 bridgehead atoms. The van der Waals surface area contributed by atoms with Gasteiger partial charge in [-0.15, -0.1) is 0 Å². The van der Waals surface area contributed by atoms with Crippen molar-refractivity contribution in [3.05, 3.63) is 23.9 Å². The molecule has 2 aliphatic rings. The van der Waals surface area contributed by atoms with Gasteiger partial charge in [-0.1, -0.05) is 6.42 Å². The highest BCUT2D eigenvalue weighted by atomic mass is 16.5. The summed E-state index contributed by atoms with van der Waals surface area (Å²) in [6, 6.07) is 3.48. The zero-order valence-electron chi connectivity index (χ0n) is 12.0. The highest BCUT2D eigenvalue weighted by molar-refractivity contribution is 5.87. The van der Waals surface area contributed by atoms with Crippen molar-refractivity contribution >= 4 is 17.6 Å². The van der Waals surface area contributed by atoms with E-state index in [0.717, 1.165) is 24.8 Å². The lowest BCUT2D eigenvalue weighted by atomic mass is 9.67. The molecule has 1 heterocycles. The average molecular weight is 288 g/mol. The summed E-state index contributed by atoms with van der Waals surface area (Å²) in [7, 11) is 0. The van der Waals surface area contributed by atoms with Crippen molar-refractivity contribution in [2.45, 2.75) is 38.7 Å². The van der Waals surface area contributed by atoms with Crippen molar-refractivity contribution in [1.29, 1.82) is 0 Å². The molecule has 0 radical (unpaired) electrons. The van der Waals surface area contributed by atoms with Crippen molar-refractivity contribution < 1.29 is 14.3 Å². The van der Waals surface area contributed by atoms with E-state index >= 15 is 0 Å². The molecule has 1 aromatic rings. The molecule has 0 aliphatic heterocycles. The Kier molecular flexibility index (Phi) is 3.90. The Bertz CT molecular complexity index is 542. The van der Waals surface area contributed by atoms with Gasteiger partial charge in [0, 0.05) is 18.0 Å². The molecule has 3 rings (SSSR count). The summed E-state index contributed by atoms with van der Waals surface area (Å²) >= 11 is 0. The number of nitrogens with two attached hydrogens (primary N) is 1. The maximum atomic E-state index is 12.2. The van der Waals surface area contributed by atoms with E-state index < -0.39 is 0 Å². The molecule has 2 aliphatic carbocycles. The van der Waals surface area contributed by atoms with E-state index in [4.69, 9.17) is 10.5 Å². The lowest BCUT2D eigenvalue weighted by molar-refractivity contribution is -0.154. The topological polar surface area (TPSA) is 82.3 Å². The maximum Gasteiger partial charge on any atom is 0.309 e. The molecule has 1 unspecified atom stereocenters. The molecule has 0 spiro atoms. The zero-order chi connectivity index (χ0) is 14.8. The number of esters is 1. The molecule has 5 nitrogen and oxygen atoms in total. The van der Waals surface area contributed by atoms with Crippen molar-refractivity contribution in [1.82, 2.24) is 4.98 Å². The molecular formula is C16H20N2O3. The average Bonchev–Trinajstić information content (AvgIpc) is 2.44. The quantitative estimate of drug-likeness (QED) is 0.861. The van der Waals surface area contributed by atoms with Gasteiger partial charge in [-0.3, -0.25) is 9.59 Å². The van der Waals surface area contributed by atoms with E-state index in [-0.39, 0.29) is 30.3 Å². The molecule has 0 aromatic carbocycles. The zero-order valence-corrected chi connectivity index (χ0v) is 12.0. The fourth-order valence-electron chi connectivity index (χ4n) is 3.53. The largest absolute Gasteiger partial charge is 0.461 e. The third kappa shape index (κ3) is 3.06. The van der Waals surface area contributed by atoms with E-state index in [9.17, 15) is 9.59 Å². The van der Waals surface area contributed by atoms with E-state index in [1.54, 1.807) is 18.3 Å². The van der Waals surface area contributed by atoms with Gasteiger partial charge < -0.3 is 10.5 Å². The van der Waals surface area contributed by atoms with Crippen LogP contribution in [0.4, 0.5) is 5.82 Å². The Hall–Kier alpha value is -1.91. The van der Waals surface area contributed by atoms with Gasteiger partial charge in [-0.25, -0.2) is 4.98 Å². The van der Waals surface area contributed by atoms with Gasteiger partial charge in [0.15, 0.2) is 0 Å². The Morgan fingerprint density at radius 3 is 2.71 bits per heavy atom. The molecule has 112 valence electrons. The summed E-state index contributed by atoms with van der Waals surface area (Å²) < 4.78 is 5.39. The van der Waals surface area contributed by atoms with Crippen molar-refractivity contribution in [3.63, 3.8) is 0 Å². The maximum absolute atomic E-state index is 12.2. The number of carbonyl (C=O) groups excluding carboxylic acids is 2. The minimum Gasteiger partial charge on any atom is -0.461 e. The molecular weight excluding hydrogens is 268 g/mol. The van der Waals surface area contributed by atoms with E-state index in [0.29, 0.717) is 24.4 Å². The van der Waals surface area contributed by atoms with Crippen LogP contribution in [0.2, 0.25) is 0 Å². The fraction of sp³-hybridized carbons (Fsp3) is 0.562. The smallest absolute Gasteiger partial charge is 0.309 e. The predicted molar refractivity (Wildman–Crippen MR) is 77.0 cm³/mol. The lowest BCUT2D eigenvalue weighted by Crippen LogP contribution is -2.39. The number of nitrogens with zero attached hydrogens (tertiary/aromatic N) is 1. The summed E-state index contributed by atoms with van der Waals surface area (Å²) in [4.78, 5) is 28.1. The fourth-order valence-corrected chi connectivity index (χ4v) is 3.53. The Morgan fingerprint density at radius 1 is 1.33 bits per heavy atom. The van der Waals surface area contributed by atoms with Crippen molar-refractivity contribution in [3.8, 4) is 0 Å². The molecule has 1 aromatic heterocycles. The third-order valence-electron chi connectivity index (χ3n) is 4.61. The molecule has 0 saturated heterocycles. The van der Waals surface area contributed by atoms with E-state index in [1.807, 2.05) is 0 Å². The van der Waals surface area contributed by atoms with Crippen LogP contribution in [0.15, 0.2) is 18.3 Å². The number of nitrogen functional groups attached to an aromatic ring is 1. The molecule has 2 saturated carbocycles.